The molecule has 0 radical (unpaired) electrons. The van der Waals surface area contributed by atoms with Crippen LogP contribution >= 0.6 is 22.9 Å². The second kappa shape index (κ2) is 7.40. The molecule has 1 N–H and O–H groups in total. The van der Waals surface area contributed by atoms with Crippen LogP contribution in [0.1, 0.15) is 34.0 Å². The molecule has 0 aromatic carbocycles. The first-order chi connectivity index (χ1) is 10.1. The van der Waals surface area contributed by atoms with E-state index in [9.17, 15) is 0 Å². The molecule has 0 spiro atoms. The van der Waals surface area contributed by atoms with E-state index in [1.54, 1.807) is 13.3 Å². The minimum Gasteiger partial charge on any atom is -0.383 e. The number of nitrogens with one attached hydrogen (secondary N) is 1. The minimum atomic E-state index is 0.0688. The number of aromatic nitrogens is 2. The summed E-state index contributed by atoms with van der Waals surface area (Å²) >= 11 is 8.20. The van der Waals surface area contributed by atoms with Gasteiger partial charge >= 0.3 is 0 Å². The summed E-state index contributed by atoms with van der Waals surface area (Å²) in [7, 11) is 1.69. The van der Waals surface area contributed by atoms with E-state index >= 15 is 0 Å². The standard InChI is InChI=1S/C15H22ClN3OS/c1-5-17-14(13-8-10(2)11(3)21-13)15-12(16)9-18-19(15)6-7-20-4/h8-9,14,17H,5-7H2,1-4H3. The highest BCUT2D eigenvalue weighted by Crippen LogP contribution is 2.34. The van der Waals surface area contributed by atoms with E-state index in [0.717, 1.165) is 12.2 Å². The Kier molecular flexibility index (Phi) is 5.81. The molecule has 0 bridgehead atoms. The highest BCUT2D eigenvalue weighted by molar-refractivity contribution is 7.12. The molecule has 2 aromatic rings. The van der Waals surface area contributed by atoms with Gasteiger partial charge in [0.1, 0.15) is 0 Å². The lowest BCUT2D eigenvalue weighted by Gasteiger charge is -2.19. The number of rotatable bonds is 7. The van der Waals surface area contributed by atoms with E-state index in [1.807, 2.05) is 16.0 Å². The Morgan fingerprint density at radius 1 is 1.48 bits per heavy atom. The predicted octanol–water partition coefficient (Wildman–Crippen LogP) is 3.56. The first kappa shape index (κ1) is 16.5. The smallest absolute Gasteiger partial charge is 0.0857 e. The highest BCUT2D eigenvalue weighted by atomic mass is 35.5. The van der Waals surface area contributed by atoms with Crippen LogP contribution in [0.3, 0.4) is 0 Å². The van der Waals surface area contributed by atoms with Gasteiger partial charge in [-0.15, -0.1) is 11.3 Å². The number of nitrogens with zero attached hydrogens (tertiary/aromatic N) is 2. The summed E-state index contributed by atoms with van der Waals surface area (Å²) in [6.45, 7) is 8.57. The molecule has 2 aromatic heterocycles. The van der Waals surface area contributed by atoms with Crippen LogP contribution in [0.4, 0.5) is 0 Å². The average molecular weight is 328 g/mol. The third-order valence-corrected chi connectivity index (χ3v) is 5.00. The predicted molar refractivity (Wildman–Crippen MR) is 88.4 cm³/mol. The van der Waals surface area contributed by atoms with Crippen LogP contribution in [0.25, 0.3) is 0 Å². The number of halogens is 1. The van der Waals surface area contributed by atoms with Crippen molar-refractivity contribution in [1.29, 1.82) is 0 Å². The largest absolute Gasteiger partial charge is 0.383 e. The Morgan fingerprint density at radius 2 is 2.24 bits per heavy atom. The van der Waals surface area contributed by atoms with Crippen molar-refractivity contribution in [3.63, 3.8) is 0 Å². The number of thiophene rings is 1. The van der Waals surface area contributed by atoms with Crippen LogP contribution < -0.4 is 5.32 Å². The normalized spacial score (nSPS) is 12.8. The van der Waals surface area contributed by atoms with Crippen molar-refractivity contribution in [3.8, 4) is 0 Å². The zero-order chi connectivity index (χ0) is 15.4. The van der Waals surface area contributed by atoms with Gasteiger partial charge < -0.3 is 10.1 Å². The third-order valence-electron chi connectivity index (χ3n) is 3.49. The molecule has 2 heterocycles. The second-order valence-corrected chi connectivity index (χ2v) is 6.67. The lowest BCUT2D eigenvalue weighted by atomic mass is 10.1. The second-order valence-electron chi connectivity index (χ2n) is 4.97. The molecule has 0 aliphatic carbocycles. The molecule has 2 rings (SSSR count). The highest BCUT2D eigenvalue weighted by Gasteiger charge is 2.23. The van der Waals surface area contributed by atoms with E-state index in [2.05, 4.69) is 37.3 Å². The molecule has 0 saturated heterocycles. The molecule has 0 saturated carbocycles. The lowest BCUT2D eigenvalue weighted by molar-refractivity contribution is 0.182. The van der Waals surface area contributed by atoms with Crippen molar-refractivity contribution < 1.29 is 4.74 Å². The Morgan fingerprint density at radius 3 is 2.81 bits per heavy atom. The summed E-state index contributed by atoms with van der Waals surface area (Å²) in [5, 5.41) is 8.60. The van der Waals surface area contributed by atoms with Gasteiger partial charge in [-0.25, -0.2) is 0 Å². The Balaban J connectivity index is 2.40. The number of hydrogen-bond acceptors (Lipinski definition) is 4. The maximum absolute atomic E-state index is 6.39. The van der Waals surface area contributed by atoms with Gasteiger partial charge in [-0.05, 0) is 32.0 Å². The maximum Gasteiger partial charge on any atom is 0.0857 e. The van der Waals surface area contributed by atoms with Gasteiger partial charge in [0, 0.05) is 16.9 Å². The minimum absolute atomic E-state index is 0.0688. The van der Waals surface area contributed by atoms with Crippen LogP contribution in [0.2, 0.25) is 5.02 Å². The maximum atomic E-state index is 6.39. The van der Waals surface area contributed by atoms with E-state index in [0.29, 0.717) is 18.2 Å². The van der Waals surface area contributed by atoms with Gasteiger partial charge in [-0.3, -0.25) is 4.68 Å². The first-order valence-electron chi connectivity index (χ1n) is 7.08. The van der Waals surface area contributed by atoms with Crippen molar-refractivity contribution >= 4 is 22.9 Å². The van der Waals surface area contributed by atoms with Crippen molar-refractivity contribution in [2.75, 3.05) is 20.3 Å². The van der Waals surface area contributed by atoms with Crippen molar-refractivity contribution in [2.24, 2.45) is 0 Å². The number of ether oxygens (including phenoxy) is 1. The van der Waals surface area contributed by atoms with Crippen molar-refractivity contribution in [2.45, 2.75) is 33.4 Å². The zero-order valence-corrected chi connectivity index (χ0v) is 14.5. The molecule has 0 amide bonds. The van der Waals surface area contributed by atoms with E-state index < -0.39 is 0 Å². The summed E-state index contributed by atoms with van der Waals surface area (Å²) < 4.78 is 7.09. The van der Waals surface area contributed by atoms with Crippen LogP contribution in [-0.4, -0.2) is 30.0 Å². The molecule has 0 fully saturated rings. The Hall–Kier alpha value is -0.880. The average Bonchev–Trinajstić information content (AvgIpc) is 2.98. The zero-order valence-electron chi connectivity index (χ0n) is 12.9. The monoisotopic (exact) mass is 327 g/mol. The van der Waals surface area contributed by atoms with Crippen LogP contribution in [0.5, 0.6) is 0 Å². The molecule has 21 heavy (non-hydrogen) atoms. The Labute approximate surface area is 135 Å². The summed E-state index contributed by atoms with van der Waals surface area (Å²) in [6.07, 6.45) is 1.71. The number of hydrogen-bond donors (Lipinski definition) is 1. The van der Waals surface area contributed by atoms with Crippen LogP contribution in [-0.2, 0) is 11.3 Å². The van der Waals surface area contributed by atoms with Gasteiger partial charge in [0.2, 0.25) is 0 Å². The van der Waals surface area contributed by atoms with Crippen LogP contribution in [0, 0.1) is 13.8 Å². The molecular weight excluding hydrogens is 306 g/mol. The van der Waals surface area contributed by atoms with E-state index in [4.69, 9.17) is 16.3 Å². The molecule has 0 aliphatic rings. The SMILES string of the molecule is CCNC(c1cc(C)c(C)s1)c1c(Cl)cnn1CCOC. The third kappa shape index (κ3) is 3.66. The summed E-state index contributed by atoms with van der Waals surface area (Å²) in [4.78, 5) is 2.61. The summed E-state index contributed by atoms with van der Waals surface area (Å²) in [5.41, 5.74) is 2.33. The molecule has 1 atom stereocenters. The molecule has 116 valence electrons. The molecule has 1 unspecified atom stereocenters. The molecule has 6 heteroatoms. The van der Waals surface area contributed by atoms with Crippen molar-refractivity contribution in [3.05, 3.63) is 38.3 Å². The fraction of sp³-hybridized carbons (Fsp3) is 0.533. The summed E-state index contributed by atoms with van der Waals surface area (Å²) in [6, 6.07) is 2.30. The lowest BCUT2D eigenvalue weighted by Crippen LogP contribution is -2.25. The molecular formula is C15H22ClN3OS. The number of aryl methyl sites for hydroxylation is 2. The van der Waals surface area contributed by atoms with Gasteiger partial charge in [0.05, 0.1) is 36.1 Å². The quantitative estimate of drug-likeness (QED) is 0.845. The summed E-state index contributed by atoms with van der Waals surface area (Å²) in [5.74, 6) is 0. The van der Waals surface area contributed by atoms with Crippen molar-refractivity contribution in [1.82, 2.24) is 15.1 Å². The van der Waals surface area contributed by atoms with E-state index in [1.165, 1.54) is 15.3 Å². The van der Waals surface area contributed by atoms with Gasteiger partial charge in [-0.2, -0.15) is 5.10 Å². The molecule has 0 aliphatic heterocycles. The van der Waals surface area contributed by atoms with E-state index in [-0.39, 0.29) is 6.04 Å². The topological polar surface area (TPSA) is 39.1 Å². The van der Waals surface area contributed by atoms with Crippen LogP contribution in [0.15, 0.2) is 12.3 Å². The fourth-order valence-corrected chi connectivity index (χ4v) is 3.67. The molecule has 4 nitrogen and oxygen atoms in total. The van der Waals surface area contributed by atoms with Gasteiger partial charge in [-0.1, -0.05) is 18.5 Å². The Bertz CT molecular complexity index is 574. The van der Waals surface area contributed by atoms with Gasteiger partial charge in [0.25, 0.3) is 0 Å². The first-order valence-corrected chi connectivity index (χ1v) is 8.28. The van der Waals surface area contributed by atoms with Gasteiger partial charge in [0.15, 0.2) is 0 Å². The number of methoxy groups -OCH3 is 1. The fourth-order valence-electron chi connectivity index (χ4n) is 2.30.